The number of carbonyl (C=O) groups is 3. The van der Waals surface area contributed by atoms with Gasteiger partial charge in [-0.25, -0.2) is 9.59 Å². The molecule has 0 fully saturated rings. The van der Waals surface area contributed by atoms with E-state index in [2.05, 4.69) is 20.7 Å². The Bertz CT molecular complexity index is 919. The third-order valence-corrected chi connectivity index (χ3v) is 4.28. The molecule has 8 nitrogen and oxygen atoms in total. The molecule has 33 heavy (non-hydrogen) atoms. The maximum Gasteiger partial charge on any atom is 0.387 e. The van der Waals surface area contributed by atoms with Gasteiger partial charge in [0.05, 0.1) is 5.56 Å². The van der Waals surface area contributed by atoms with Crippen molar-refractivity contribution in [3.05, 3.63) is 65.2 Å². The second-order valence-corrected chi connectivity index (χ2v) is 7.38. The second kappa shape index (κ2) is 13.0. The maximum absolute atomic E-state index is 12.1. The Labute approximate surface area is 190 Å². The first kappa shape index (κ1) is 25.6. The maximum atomic E-state index is 12.1. The van der Waals surface area contributed by atoms with Crippen LogP contribution < -0.4 is 20.7 Å². The van der Waals surface area contributed by atoms with Crippen LogP contribution >= 0.6 is 0 Å². The van der Waals surface area contributed by atoms with E-state index in [4.69, 9.17) is 4.74 Å². The van der Waals surface area contributed by atoms with Gasteiger partial charge in [-0.2, -0.15) is 8.78 Å². The molecule has 0 aliphatic carbocycles. The SMILES string of the molecule is CC(C)NC(=O)NCc1ccc(C(=O)OCC(=O)NCCc2ccc(OC(F)F)cc2)cc1. The molecule has 0 bridgehead atoms. The van der Waals surface area contributed by atoms with Crippen LogP contribution in [0.2, 0.25) is 0 Å². The van der Waals surface area contributed by atoms with Gasteiger partial charge in [0.15, 0.2) is 6.61 Å². The summed E-state index contributed by atoms with van der Waals surface area (Å²) in [4.78, 5) is 35.6. The molecule has 2 rings (SSSR count). The van der Waals surface area contributed by atoms with Gasteiger partial charge < -0.3 is 25.4 Å². The summed E-state index contributed by atoms with van der Waals surface area (Å²) < 4.78 is 33.6. The fraction of sp³-hybridized carbons (Fsp3) is 0.348. The molecule has 2 aromatic carbocycles. The lowest BCUT2D eigenvalue weighted by Gasteiger charge is -2.10. The summed E-state index contributed by atoms with van der Waals surface area (Å²) in [7, 11) is 0. The molecule has 3 N–H and O–H groups in total. The molecule has 0 saturated carbocycles. The van der Waals surface area contributed by atoms with Crippen LogP contribution in [0.3, 0.4) is 0 Å². The van der Waals surface area contributed by atoms with Crippen LogP contribution in [-0.2, 0) is 22.5 Å². The molecule has 0 radical (unpaired) electrons. The number of alkyl halides is 2. The fourth-order valence-corrected chi connectivity index (χ4v) is 2.70. The molecule has 0 aromatic heterocycles. The van der Waals surface area contributed by atoms with Crippen molar-refractivity contribution < 1.29 is 32.6 Å². The zero-order chi connectivity index (χ0) is 24.2. The molecular formula is C23H27F2N3O5. The fourth-order valence-electron chi connectivity index (χ4n) is 2.70. The van der Waals surface area contributed by atoms with Gasteiger partial charge in [-0.1, -0.05) is 24.3 Å². The number of urea groups is 1. The van der Waals surface area contributed by atoms with Crippen molar-refractivity contribution in [1.29, 1.82) is 0 Å². The van der Waals surface area contributed by atoms with E-state index >= 15 is 0 Å². The highest BCUT2D eigenvalue weighted by Crippen LogP contribution is 2.15. The molecule has 2 aromatic rings. The Kier molecular flexibility index (Phi) is 10.1. The minimum atomic E-state index is -2.88. The van der Waals surface area contributed by atoms with E-state index < -0.39 is 25.1 Å². The molecule has 178 valence electrons. The standard InChI is InChI=1S/C23H27F2N3O5/c1-15(2)28-23(31)27-13-17-3-7-18(8-4-17)21(30)32-14-20(29)26-12-11-16-5-9-19(10-6-16)33-22(24)25/h3-10,15,22H,11-14H2,1-2H3,(H,26,29)(H2,27,28,31). The summed E-state index contributed by atoms with van der Waals surface area (Å²) in [6.45, 7) is 0.995. The minimum absolute atomic E-state index is 0.0288. The third kappa shape index (κ3) is 9.98. The monoisotopic (exact) mass is 463 g/mol. The summed E-state index contributed by atoms with van der Waals surface area (Å²) in [6.07, 6.45) is 0.472. The number of carbonyl (C=O) groups excluding carboxylic acids is 3. The van der Waals surface area contributed by atoms with E-state index in [1.807, 2.05) is 13.8 Å². The van der Waals surface area contributed by atoms with Gasteiger partial charge in [0.1, 0.15) is 5.75 Å². The van der Waals surface area contributed by atoms with Gasteiger partial charge in [0.25, 0.3) is 5.91 Å². The van der Waals surface area contributed by atoms with Crippen molar-refractivity contribution in [3.63, 3.8) is 0 Å². The summed E-state index contributed by atoms with van der Waals surface area (Å²) in [5.41, 5.74) is 1.91. The van der Waals surface area contributed by atoms with Crippen molar-refractivity contribution in [2.24, 2.45) is 0 Å². The number of ether oxygens (including phenoxy) is 2. The van der Waals surface area contributed by atoms with Crippen LogP contribution in [-0.4, -0.2) is 43.7 Å². The molecule has 0 aliphatic heterocycles. The lowest BCUT2D eigenvalue weighted by atomic mass is 10.1. The van der Waals surface area contributed by atoms with Crippen molar-refractivity contribution in [2.45, 2.75) is 39.5 Å². The molecule has 0 atom stereocenters. The lowest BCUT2D eigenvalue weighted by Crippen LogP contribution is -2.39. The van der Waals surface area contributed by atoms with E-state index in [-0.39, 0.29) is 29.9 Å². The molecule has 10 heteroatoms. The smallest absolute Gasteiger partial charge is 0.387 e. The highest BCUT2D eigenvalue weighted by Gasteiger charge is 2.11. The average Bonchev–Trinajstić information content (AvgIpc) is 2.77. The van der Waals surface area contributed by atoms with E-state index in [1.54, 1.807) is 36.4 Å². The quantitative estimate of drug-likeness (QED) is 0.445. The molecule has 3 amide bonds. The van der Waals surface area contributed by atoms with Crippen molar-refractivity contribution >= 4 is 17.9 Å². The summed E-state index contributed by atoms with van der Waals surface area (Å²) in [6, 6.07) is 12.3. The molecule has 0 aliphatic rings. The Morgan fingerprint density at radius 2 is 1.55 bits per heavy atom. The van der Waals surface area contributed by atoms with Crippen LogP contribution in [0.4, 0.5) is 13.6 Å². The topological polar surface area (TPSA) is 106 Å². The largest absolute Gasteiger partial charge is 0.452 e. The Morgan fingerprint density at radius 1 is 0.909 bits per heavy atom. The van der Waals surface area contributed by atoms with Gasteiger partial charge in [-0.3, -0.25) is 4.79 Å². The van der Waals surface area contributed by atoms with E-state index in [9.17, 15) is 23.2 Å². The van der Waals surface area contributed by atoms with Gasteiger partial charge in [0, 0.05) is 19.1 Å². The number of esters is 1. The zero-order valence-corrected chi connectivity index (χ0v) is 18.4. The molecular weight excluding hydrogens is 436 g/mol. The first-order valence-corrected chi connectivity index (χ1v) is 10.3. The highest BCUT2D eigenvalue weighted by atomic mass is 19.3. The molecule has 0 unspecified atom stereocenters. The van der Waals surface area contributed by atoms with Crippen LogP contribution in [0.1, 0.15) is 35.3 Å². The number of hydrogen-bond acceptors (Lipinski definition) is 5. The number of rotatable bonds is 11. The van der Waals surface area contributed by atoms with Gasteiger partial charge in [0.2, 0.25) is 0 Å². The van der Waals surface area contributed by atoms with Crippen LogP contribution in [0, 0.1) is 0 Å². The zero-order valence-electron chi connectivity index (χ0n) is 18.4. The van der Waals surface area contributed by atoms with Crippen molar-refractivity contribution in [3.8, 4) is 5.75 Å². The molecule has 0 heterocycles. The lowest BCUT2D eigenvalue weighted by molar-refractivity contribution is -0.124. The van der Waals surface area contributed by atoms with E-state index in [1.165, 1.54) is 12.1 Å². The van der Waals surface area contributed by atoms with Crippen LogP contribution in [0.5, 0.6) is 5.75 Å². The number of nitrogens with one attached hydrogen (secondary N) is 3. The van der Waals surface area contributed by atoms with Crippen LogP contribution in [0.25, 0.3) is 0 Å². The summed E-state index contributed by atoms with van der Waals surface area (Å²) in [5.74, 6) is -1.04. The number of amides is 3. The molecule has 0 saturated heterocycles. The van der Waals surface area contributed by atoms with Gasteiger partial charge in [-0.15, -0.1) is 0 Å². The van der Waals surface area contributed by atoms with Gasteiger partial charge >= 0.3 is 18.6 Å². The minimum Gasteiger partial charge on any atom is -0.452 e. The first-order chi connectivity index (χ1) is 15.7. The number of benzene rings is 2. The highest BCUT2D eigenvalue weighted by molar-refractivity contribution is 5.91. The Morgan fingerprint density at radius 3 is 2.15 bits per heavy atom. The Balaban J connectivity index is 1.67. The van der Waals surface area contributed by atoms with Gasteiger partial charge in [-0.05, 0) is 55.7 Å². The number of halogens is 2. The second-order valence-electron chi connectivity index (χ2n) is 7.38. The normalized spacial score (nSPS) is 10.6. The summed E-state index contributed by atoms with van der Waals surface area (Å²) >= 11 is 0. The molecule has 0 spiro atoms. The number of hydrogen-bond donors (Lipinski definition) is 3. The third-order valence-electron chi connectivity index (χ3n) is 4.28. The first-order valence-electron chi connectivity index (χ1n) is 10.3. The van der Waals surface area contributed by atoms with Crippen LogP contribution in [0.15, 0.2) is 48.5 Å². The predicted octanol–water partition coefficient (Wildman–Crippen LogP) is 3.01. The summed E-state index contributed by atoms with van der Waals surface area (Å²) in [5, 5.41) is 8.04. The average molecular weight is 463 g/mol. The van der Waals surface area contributed by atoms with E-state index in [0.717, 1.165) is 11.1 Å². The van der Waals surface area contributed by atoms with E-state index in [0.29, 0.717) is 13.0 Å². The predicted molar refractivity (Wildman–Crippen MR) is 117 cm³/mol. The van der Waals surface area contributed by atoms with Crippen molar-refractivity contribution in [2.75, 3.05) is 13.2 Å². The Hall–Kier alpha value is -3.69. The van der Waals surface area contributed by atoms with Crippen molar-refractivity contribution in [1.82, 2.24) is 16.0 Å².